The summed E-state index contributed by atoms with van der Waals surface area (Å²) in [6, 6.07) is 5.66. The summed E-state index contributed by atoms with van der Waals surface area (Å²) in [4.78, 5) is 20.9. The van der Waals surface area contributed by atoms with Gasteiger partial charge in [-0.05, 0) is 38.5 Å². The minimum Gasteiger partial charge on any atom is -0.493 e. The number of benzene rings is 1. The van der Waals surface area contributed by atoms with Crippen LogP contribution in [-0.2, 0) is 10.6 Å². The smallest absolute Gasteiger partial charge is 0.277 e. The molecule has 3 aromatic rings. The van der Waals surface area contributed by atoms with Crippen molar-refractivity contribution in [2.75, 3.05) is 13.7 Å². The van der Waals surface area contributed by atoms with Crippen LogP contribution in [-0.4, -0.2) is 33.3 Å². The molecule has 0 saturated carbocycles. The zero-order valence-electron chi connectivity index (χ0n) is 15.3. The van der Waals surface area contributed by atoms with E-state index in [-0.39, 0.29) is 5.56 Å². The molecule has 8 heteroatoms. The fourth-order valence-corrected chi connectivity index (χ4v) is 3.35. The largest absolute Gasteiger partial charge is 0.493 e. The lowest BCUT2D eigenvalue weighted by atomic mass is 10.2. The highest BCUT2D eigenvalue weighted by Crippen LogP contribution is 2.32. The summed E-state index contributed by atoms with van der Waals surface area (Å²) in [5.74, 6) is 1.89. The van der Waals surface area contributed by atoms with Crippen LogP contribution in [0.4, 0.5) is 0 Å². The molecular formula is C18H22N4O3S. The maximum absolute atomic E-state index is 12.7. The minimum absolute atomic E-state index is 0.213. The van der Waals surface area contributed by atoms with Gasteiger partial charge in [-0.25, -0.2) is 9.50 Å². The molecule has 7 nitrogen and oxygen atoms in total. The second-order valence-corrected chi connectivity index (χ2v) is 6.74. The summed E-state index contributed by atoms with van der Waals surface area (Å²) in [6.45, 7) is 6.33. The number of aromatic nitrogens is 4. The van der Waals surface area contributed by atoms with Crippen molar-refractivity contribution in [1.29, 1.82) is 0 Å². The Bertz CT molecular complexity index is 980. The Morgan fingerprint density at radius 3 is 2.81 bits per heavy atom. The number of aryl methyl sites for hydroxylation is 2. The first kappa shape index (κ1) is 18.5. The summed E-state index contributed by atoms with van der Waals surface area (Å²) >= 11 is 1.24. The SMILES string of the molecule is CCCc1nc(C)c2c(=O)[nH]c(-c3cc(SOC)ccc3OCC)nn12. The van der Waals surface area contributed by atoms with E-state index in [4.69, 9.17) is 8.92 Å². The summed E-state index contributed by atoms with van der Waals surface area (Å²) in [5, 5.41) is 4.66. The van der Waals surface area contributed by atoms with Crippen LogP contribution >= 0.6 is 12.0 Å². The standard InChI is InChI=1S/C18H22N4O3S/c1-5-7-15-19-11(3)16-18(23)20-17(21-22(15)16)13-10-12(26-24-4)8-9-14(13)25-6-2/h8-10H,5-7H2,1-4H3,(H,20,21,23). The highest BCUT2D eigenvalue weighted by Gasteiger charge is 2.17. The van der Waals surface area contributed by atoms with Crippen LogP contribution in [0.2, 0.25) is 0 Å². The van der Waals surface area contributed by atoms with E-state index in [0.717, 1.165) is 23.6 Å². The maximum atomic E-state index is 12.7. The van der Waals surface area contributed by atoms with Crippen molar-refractivity contribution >= 4 is 17.6 Å². The first-order valence-corrected chi connectivity index (χ1v) is 9.29. The molecule has 1 aromatic carbocycles. The van der Waals surface area contributed by atoms with Gasteiger partial charge < -0.3 is 13.9 Å². The molecular weight excluding hydrogens is 352 g/mol. The monoisotopic (exact) mass is 374 g/mol. The van der Waals surface area contributed by atoms with Crippen LogP contribution in [0.1, 0.15) is 31.8 Å². The van der Waals surface area contributed by atoms with Crippen LogP contribution in [0.15, 0.2) is 27.9 Å². The predicted octanol–water partition coefficient (Wildman–Crippen LogP) is 3.40. The summed E-state index contributed by atoms with van der Waals surface area (Å²) in [6.07, 6.45) is 1.68. The van der Waals surface area contributed by atoms with E-state index in [9.17, 15) is 4.79 Å². The van der Waals surface area contributed by atoms with Gasteiger partial charge in [-0.3, -0.25) is 4.79 Å². The fourth-order valence-electron chi connectivity index (χ4n) is 2.87. The molecule has 0 amide bonds. The van der Waals surface area contributed by atoms with Crippen LogP contribution in [0, 0.1) is 6.92 Å². The molecule has 3 rings (SSSR count). The lowest BCUT2D eigenvalue weighted by molar-refractivity contribution is 0.341. The van der Waals surface area contributed by atoms with Crippen molar-refractivity contribution in [3.05, 3.63) is 40.1 Å². The van der Waals surface area contributed by atoms with Crippen molar-refractivity contribution in [3.8, 4) is 17.1 Å². The predicted molar refractivity (Wildman–Crippen MR) is 102 cm³/mol. The molecule has 0 atom stereocenters. The molecule has 0 spiro atoms. The van der Waals surface area contributed by atoms with E-state index < -0.39 is 0 Å². The highest BCUT2D eigenvalue weighted by molar-refractivity contribution is 7.94. The number of hydrogen-bond acceptors (Lipinski definition) is 6. The number of hydrogen-bond donors (Lipinski definition) is 1. The third-order valence-electron chi connectivity index (χ3n) is 3.90. The molecule has 2 heterocycles. The Morgan fingerprint density at radius 1 is 1.31 bits per heavy atom. The summed E-state index contributed by atoms with van der Waals surface area (Å²) in [7, 11) is 1.61. The molecule has 0 radical (unpaired) electrons. The molecule has 0 unspecified atom stereocenters. The molecule has 1 N–H and O–H groups in total. The van der Waals surface area contributed by atoms with E-state index in [0.29, 0.717) is 35.0 Å². The zero-order chi connectivity index (χ0) is 18.7. The first-order valence-electron chi connectivity index (χ1n) is 8.55. The Balaban J connectivity index is 2.22. The van der Waals surface area contributed by atoms with E-state index in [1.54, 1.807) is 11.6 Å². The highest BCUT2D eigenvalue weighted by atomic mass is 32.2. The quantitative estimate of drug-likeness (QED) is 0.639. The number of nitrogens with zero attached hydrogens (tertiary/aromatic N) is 3. The normalized spacial score (nSPS) is 11.2. The number of imidazole rings is 1. The van der Waals surface area contributed by atoms with Gasteiger partial charge in [-0.15, -0.1) is 5.10 Å². The Morgan fingerprint density at radius 2 is 2.12 bits per heavy atom. The number of fused-ring (bicyclic) bond motifs is 1. The van der Waals surface area contributed by atoms with Gasteiger partial charge in [0.2, 0.25) is 0 Å². The first-order chi connectivity index (χ1) is 12.6. The van der Waals surface area contributed by atoms with Gasteiger partial charge in [0.05, 0.1) is 25.0 Å². The lowest BCUT2D eigenvalue weighted by Crippen LogP contribution is -2.16. The van der Waals surface area contributed by atoms with Crippen LogP contribution < -0.4 is 10.3 Å². The van der Waals surface area contributed by atoms with Gasteiger partial charge in [0.25, 0.3) is 5.56 Å². The van der Waals surface area contributed by atoms with Gasteiger partial charge in [-0.1, -0.05) is 6.92 Å². The maximum Gasteiger partial charge on any atom is 0.277 e. The molecule has 0 aliphatic carbocycles. The number of rotatable bonds is 7. The van der Waals surface area contributed by atoms with Crippen molar-refractivity contribution in [2.45, 2.75) is 38.5 Å². The number of H-pyrrole nitrogens is 1. The van der Waals surface area contributed by atoms with Crippen LogP contribution in [0.25, 0.3) is 16.9 Å². The average Bonchev–Trinajstić information content (AvgIpc) is 2.93. The van der Waals surface area contributed by atoms with Crippen molar-refractivity contribution < 1.29 is 8.92 Å². The van der Waals surface area contributed by atoms with Crippen molar-refractivity contribution in [2.24, 2.45) is 0 Å². The van der Waals surface area contributed by atoms with Gasteiger partial charge >= 0.3 is 0 Å². The number of nitrogens with one attached hydrogen (secondary N) is 1. The van der Waals surface area contributed by atoms with E-state index in [2.05, 4.69) is 22.0 Å². The molecule has 0 aliphatic heterocycles. The average molecular weight is 374 g/mol. The molecule has 0 fully saturated rings. The third-order valence-corrected chi connectivity index (χ3v) is 4.51. The minimum atomic E-state index is -0.213. The van der Waals surface area contributed by atoms with Crippen molar-refractivity contribution in [3.63, 3.8) is 0 Å². The number of ether oxygens (including phenoxy) is 1. The second-order valence-electron chi connectivity index (χ2n) is 5.77. The Labute approximate surface area is 156 Å². The Hall–Kier alpha value is -2.32. The van der Waals surface area contributed by atoms with E-state index in [1.165, 1.54) is 12.0 Å². The van der Waals surface area contributed by atoms with Gasteiger partial charge in [-0.2, -0.15) is 0 Å². The molecule has 0 aliphatic rings. The van der Waals surface area contributed by atoms with Gasteiger partial charge in [0.1, 0.15) is 11.6 Å². The summed E-state index contributed by atoms with van der Waals surface area (Å²) < 4.78 is 12.5. The molecule has 138 valence electrons. The summed E-state index contributed by atoms with van der Waals surface area (Å²) in [5.41, 5.74) is 1.66. The molecule has 26 heavy (non-hydrogen) atoms. The fraction of sp³-hybridized carbons (Fsp3) is 0.389. The second kappa shape index (κ2) is 7.92. The van der Waals surface area contributed by atoms with E-state index in [1.807, 2.05) is 32.0 Å². The van der Waals surface area contributed by atoms with Gasteiger partial charge in [0, 0.05) is 23.4 Å². The van der Waals surface area contributed by atoms with Crippen molar-refractivity contribution in [1.82, 2.24) is 19.6 Å². The lowest BCUT2D eigenvalue weighted by Gasteiger charge is -2.11. The van der Waals surface area contributed by atoms with Gasteiger partial charge in [0.15, 0.2) is 11.3 Å². The van der Waals surface area contributed by atoms with Crippen LogP contribution in [0.5, 0.6) is 5.75 Å². The number of aromatic amines is 1. The Kier molecular flexibility index (Phi) is 5.63. The topological polar surface area (TPSA) is 81.5 Å². The zero-order valence-corrected chi connectivity index (χ0v) is 16.1. The molecule has 0 bridgehead atoms. The third kappa shape index (κ3) is 3.47. The van der Waals surface area contributed by atoms with Crippen LogP contribution in [0.3, 0.4) is 0 Å². The van der Waals surface area contributed by atoms with E-state index >= 15 is 0 Å². The molecule has 0 saturated heterocycles. The molecule has 2 aromatic heterocycles.